The van der Waals surface area contributed by atoms with Crippen molar-refractivity contribution in [2.24, 2.45) is 5.11 Å². The Hall–Kier alpha value is -3.45. The van der Waals surface area contributed by atoms with Crippen molar-refractivity contribution in [1.29, 1.82) is 0 Å². The van der Waals surface area contributed by atoms with Gasteiger partial charge in [-0.2, -0.15) is 10.1 Å². The van der Waals surface area contributed by atoms with E-state index in [-0.39, 0.29) is 11.6 Å². The number of hydrogen-bond donors (Lipinski definition) is 3. The molecular weight excluding hydrogens is 521 g/mol. The average molecular weight is 551 g/mol. The molecule has 2 aromatic rings. The number of carbonyl (C=O) groups is 1. The van der Waals surface area contributed by atoms with Crippen molar-refractivity contribution in [3.63, 3.8) is 0 Å². The van der Waals surface area contributed by atoms with Crippen molar-refractivity contribution in [2.45, 2.75) is 63.8 Å². The summed E-state index contributed by atoms with van der Waals surface area (Å²) in [6.45, 7) is 5.59. The normalized spacial score (nSPS) is 25.3. The number of anilines is 1. The Morgan fingerprint density at radius 1 is 1.37 bits per heavy atom. The maximum atomic E-state index is 13.7. The number of aliphatic hydroxyl groups is 1. The quantitative estimate of drug-likeness (QED) is 0.121. The van der Waals surface area contributed by atoms with Gasteiger partial charge in [0.15, 0.2) is 6.23 Å². The molecular formula is C22H30N7O8P. The molecule has 1 aliphatic heterocycles. The first-order valence-corrected chi connectivity index (χ1v) is 13.1. The number of aliphatic hydroxyl groups excluding tert-OH is 1. The molecule has 0 saturated carbocycles. The highest BCUT2D eigenvalue weighted by atomic mass is 31.2. The van der Waals surface area contributed by atoms with Crippen LogP contribution in [-0.2, 0) is 23.4 Å². The van der Waals surface area contributed by atoms with Crippen molar-refractivity contribution < 1.29 is 33.0 Å². The topological polar surface area (TPSA) is 213 Å². The molecule has 0 radical (unpaired) electrons. The summed E-state index contributed by atoms with van der Waals surface area (Å²) in [5.74, 6) is -0.550. The first-order valence-electron chi connectivity index (χ1n) is 11.6. The molecule has 0 aliphatic carbocycles. The van der Waals surface area contributed by atoms with Gasteiger partial charge in [-0.25, -0.2) is 9.36 Å². The lowest BCUT2D eigenvalue weighted by Gasteiger charge is -2.28. The van der Waals surface area contributed by atoms with E-state index in [1.165, 1.54) is 38.2 Å². The standard InChI is InChI=1S/C22H30N7O8P/c1-13(2)35-19(31)14(3)26-38(33,37-15-8-6-5-7-9-15)34-12-16-18(30)22(4,27-28-24)20(36-16)29-11-10-17(23)25-21(29)32/h5-11,13-14,16,18,20,30H,12H2,1-4H3,(H,26,33)(H2,23,25,32)/t14-,16-,18-,20-,22-,38+/m1/s1. The maximum absolute atomic E-state index is 13.7. The molecule has 0 bridgehead atoms. The second kappa shape index (κ2) is 11.9. The summed E-state index contributed by atoms with van der Waals surface area (Å²) in [5, 5.41) is 17.2. The van der Waals surface area contributed by atoms with Crippen LogP contribution in [0, 0.1) is 0 Å². The smallest absolute Gasteiger partial charge is 0.459 e. The number of nitrogens with zero attached hydrogens (tertiary/aromatic N) is 5. The van der Waals surface area contributed by atoms with E-state index in [0.29, 0.717) is 0 Å². The first kappa shape index (κ1) is 29.1. The van der Waals surface area contributed by atoms with E-state index < -0.39 is 62.1 Å². The molecule has 1 aliphatic rings. The predicted octanol–water partition coefficient (Wildman–Crippen LogP) is 2.29. The molecule has 4 N–H and O–H groups in total. The van der Waals surface area contributed by atoms with Gasteiger partial charge < -0.3 is 24.8 Å². The number of nitrogens with two attached hydrogens (primary N) is 1. The number of para-hydroxylation sites is 1. The molecule has 1 fully saturated rings. The van der Waals surface area contributed by atoms with Gasteiger partial charge in [-0.15, -0.1) is 0 Å². The van der Waals surface area contributed by atoms with Gasteiger partial charge in [0, 0.05) is 11.1 Å². The van der Waals surface area contributed by atoms with Gasteiger partial charge in [0.1, 0.15) is 29.3 Å². The highest BCUT2D eigenvalue weighted by Gasteiger charge is 2.55. The first-order chi connectivity index (χ1) is 17.9. The van der Waals surface area contributed by atoms with Gasteiger partial charge in [-0.3, -0.25) is 13.9 Å². The SMILES string of the molecule is CC(C)OC(=O)[C@@H](C)N[P@](=O)(OC[C@H]1O[C@@H](n2ccc(N)nc2=O)[C@](C)(N=[N+]=[N-])[C@@H]1O)Oc1ccccc1. The summed E-state index contributed by atoms with van der Waals surface area (Å²) in [7, 11) is -4.28. The molecule has 6 atom stereocenters. The fourth-order valence-corrected chi connectivity index (χ4v) is 5.20. The van der Waals surface area contributed by atoms with Crippen LogP contribution in [-0.4, -0.2) is 57.1 Å². The van der Waals surface area contributed by atoms with Crippen LogP contribution in [0.4, 0.5) is 5.82 Å². The van der Waals surface area contributed by atoms with Gasteiger partial charge in [0.05, 0.1) is 18.8 Å². The second-order valence-corrected chi connectivity index (χ2v) is 10.7. The van der Waals surface area contributed by atoms with Crippen molar-refractivity contribution in [3.05, 3.63) is 63.5 Å². The summed E-state index contributed by atoms with van der Waals surface area (Å²) < 4.78 is 36.9. The van der Waals surface area contributed by atoms with E-state index in [0.717, 1.165) is 4.57 Å². The van der Waals surface area contributed by atoms with Gasteiger partial charge in [-0.05, 0) is 51.4 Å². The van der Waals surface area contributed by atoms with Gasteiger partial charge >= 0.3 is 19.4 Å². The summed E-state index contributed by atoms with van der Waals surface area (Å²) in [5.41, 5.74) is 12.2. The van der Waals surface area contributed by atoms with Crippen LogP contribution in [0.25, 0.3) is 10.4 Å². The zero-order chi connectivity index (χ0) is 28.1. The van der Waals surface area contributed by atoms with Crippen LogP contribution < -0.4 is 21.0 Å². The second-order valence-electron chi connectivity index (χ2n) is 8.96. The Kier molecular flexibility index (Phi) is 9.15. The van der Waals surface area contributed by atoms with E-state index in [9.17, 15) is 19.3 Å². The number of nitrogen functional groups attached to an aromatic ring is 1. The molecule has 3 rings (SSSR count). The fraction of sp³-hybridized carbons (Fsp3) is 0.500. The third kappa shape index (κ3) is 6.70. The van der Waals surface area contributed by atoms with Crippen molar-refractivity contribution >= 4 is 19.5 Å². The minimum atomic E-state index is -4.28. The third-order valence-corrected chi connectivity index (χ3v) is 7.20. The number of carbonyl (C=O) groups excluding carboxylic acids is 1. The van der Waals surface area contributed by atoms with Crippen LogP contribution in [0.1, 0.15) is 33.9 Å². The minimum absolute atomic E-state index is 0.0367. The molecule has 16 heteroatoms. The number of rotatable bonds is 11. The third-order valence-electron chi connectivity index (χ3n) is 5.55. The Balaban J connectivity index is 1.86. The Morgan fingerprint density at radius 3 is 2.66 bits per heavy atom. The monoisotopic (exact) mass is 551 g/mol. The zero-order valence-corrected chi connectivity index (χ0v) is 22.1. The zero-order valence-electron chi connectivity index (χ0n) is 21.2. The molecule has 15 nitrogen and oxygen atoms in total. The van der Waals surface area contributed by atoms with Crippen molar-refractivity contribution in [1.82, 2.24) is 14.6 Å². The van der Waals surface area contributed by atoms with Gasteiger partial charge in [-0.1, -0.05) is 23.3 Å². The van der Waals surface area contributed by atoms with Crippen molar-refractivity contribution in [3.8, 4) is 5.75 Å². The molecule has 38 heavy (non-hydrogen) atoms. The molecule has 1 aromatic carbocycles. The lowest BCUT2D eigenvalue weighted by molar-refractivity contribution is -0.149. The summed E-state index contributed by atoms with van der Waals surface area (Å²) in [6, 6.07) is 8.32. The van der Waals surface area contributed by atoms with Crippen molar-refractivity contribution in [2.75, 3.05) is 12.3 Å². The number of hydrogen-bond acceptors (Lipinski definition) is 11. The van der Waals surface area contributed by atoms with Crippen LogP contribution in [0.3, 0.4) is 0 Å². The van der Waals surface area contributed by atoms with E-state index >= 15 is 0 Å². The minimum Gasteiger partial charge on any atom is -0.462 e. The highest BCUT2D eigenvalue weighted by Crippen LogP contribution is 2.47. The molecule has 2 heterocycles. The van der Waals surface area contributed by atoms with E-state index in [1.54, 1.807) is 32.0 Å². The lowest BCUT2D eigenvalue weighted by atomic mass is 9.93. The number of benzene rings is 1. The summed E-state index contributed by atoms with van der Waals surface area (Å²) in [6.07, 6.45) is -3.19. The number of esters is 1. The molecule has 0 amide bonds. The Labute approximate surface area is 218 Å². The largest absolute Gasteiger partial charge is 0.462 e. The molecule has 0 unspecified atom stereocenters. The van der Waals surface area contributed by atoms with Crippen LogP contribution >= 0.6 is 7.75 Å². The molecule has 206 valence electrons. The number of aromatic nitrogens is 2. The average Bonchev–Trinajstić information content (AvgIpc) is 3.08. The van der Waals surface area contributed by atoms with E-state index in [2.05, 4.69) is 20.1 Å². The lowest BCUT2D eigenvalue weighted by Crippen LogP contribution is -2.45. The molecule has 0 spiro atoms. The van der Waals surface area contributed by atoms with Gasteiger partial charge in [0.25, 0.3) is 0 Å². The van der Waals surface area contributed by atoms with E-state index in [1.807, 2.05) is 0 Å². The Morgan fingerprint density at radius 2 is 2.05 bits per heavy atom. The number of nitrogens with one attached hydrogen (secondary N) is 1. The van der Waals surface area contributed by atoms with Crippen LogP contribution in [0.2, 0.25) is 0 Å². The highest BCUT2D eigenvalue weighted by molar-refractivity contribution is 7.52. The van der Waals surface area contributed by atoms with Crippen LogP contribution in [0.5, 0.6) is 5.75 Å². The van der Waals surface area contributed by atoms with E-state index in [4.69, 9.17) is 29.8 Å². The van der Waals surface area contributed by atoms with Crippen LogP contribution in [0.15, 0.2) is 52.5 Å². The van der Waals surface area contributed by atoms with Gasteiger partial charge in [0.2, 0.25) is 0 Å². The predicted molar refractivity (Wildman–Crippen MR) is 135 cm³/mol. The summed E-state index contributed by atoms with van der Waals surface area (Å²) >= 11 is 0. The summed E-state index contributed by atoms with van der Waals surface area (Å²) in [4.78, 5) is 31.2. The molecule has 1 aromatic heterocycles. The Bertz CT molecular complexity index is 1290. The number of azide groups is 1. The fourth-order valence-electron chi connectivity index (χ4n) is 3.69. The molecule has 1 saturated heterocycles. The maximum Gasteiger partial charge on any atom is 0.459 e. The number of ether oxygens (including phenoxy) is 2.